The molecule has 25 heavy (non-hydrogen) atoms. The zero-order valence-electron chi connectivity index (χ0n) is 14.9. The highest BCUT2D eigenvalue weighted by molar-refractivity contribution is 5.81. The highest BCUT2D eigenvalue weighted by atomic mass is 16.5. The van der Waals surface area contributed by atoms with E-state index in [1.807, 2.05) is 42.2 Å². The van der Waals surface area contributed by atoms with Crippen molar-refractivity contribution in [2.24, 2.45) is 0 Å². The minimum Gasteiger partial charge on any atom is -0.368 e. The molecule has 0 unspecified atom stereocenters. The van der Waals surface area contributed by atoms with E-state index in [-0.39, 0.29) is 24.0 Å². The van der Waals surface area contributed by atoms with Crippen molar-refractivity contribution in [1.82, 2.24) is 10.2 Å². The van der Waals surface area contributed by atoms with E-state index < -0.39 is 0 Å². The molecule has 2 aliphatic heterocycles. The largest absolute Gasteiger partial charge is 0.368 e. The molecule has 2 fully saturated rings. The van der Waals surface area contributed by atoms with E-state index in [0.29, 0.717) is 26.2 Å². The summed E-state index contributed by atoms with van der Waals surface area (Å²) in [6.45, 7) is 6.18. The number of hydrogen-bond acceptors (Lipinski definition) is 3. The highest BCUT2D eigenvalue weighted by Crippen LogP contribution is 2.14. The van der Waals surface area contributed by atoms with Crippen molar-refractivity contribution < 1.29 is 19.2 Å². The van der Waals surface area contributed by atoms with Crippen LogP contribution in [0.1, 0.15) is 31.4 Å². The van der Waals surface area contributed by atoms with Crippen LogP contribution in [0.4, 0.5) is 0 Å². The standard InChI is InChI=1S/C19H27N3O3/c1-15(16-6-3-2-4-7-16)20-18(23)14-21-9-11-22(12-10-21)19(24)17-8-5-13-25-17/h2-4,6-7,15,17H,5,8-14H2,1H3,(H,20,23)/p+1/t15-,17-/m1/s1. The summed E-state index contributed by atoms with van der Waals surface area (Å²) in [4.78, 5) is 27.8. The van der Waals surface area contributed by atoms with E-state index in [0.717, 1.165) is 31.5 Å². The Morgan fingerprint density at radius 3 is 2.64 bits per heavy atom. The van der Waals surface area contributed by atoms with Gasteiger partial charge in [0.25, 0.3) is 11.8 Å². The van der Waals surface area contributed by atoms with Crippen LogP contribution in [0.3, 0.4) is 0 Å². The van der Waals surface area contributed by atoms with Crippen molar-refractivity contribution in [3.63, 3.8) is 0 Å². The Morgan fingerprint density at radius 2 is 2.00 bits per heavy atom. The number of carbonyl (C=O) groups is 2. The monoisotopic (exact) mass is 346 g/mol. The fourth-order valence-corrected chi connectivity index (χ4v) is 3.54. The molecule has 2 saturated heterocycles. The molecule has 2 aliphatic rings. The van der Waals surface area contributed by atoms with Crippen LogP contribution in [0, 0.1) is 0 Å². The van der Waals surface area contributed by atoms with Gasteiger partial charge >= 0.3 is 0 Å². The molecule has 1 aromatic carbocycles. The van der Waals surface area contributed by atoms with Crippen LogP contribution in [0.25, 0.3) is 0 Å². The van der Waals surface area contributed by atoms with Crippen molar-refractivity contribution in [3.05, 3.63) is 35.9 Å². The van der Waals surface area contributed by atoms with Crippen molar-refractivity contribution in [1.29, 1.82) is 0 Å². The summed E-state index contributed by atoms with van der Waals surface area (Å²) in [7, 11) is 0. The van der Waals surface area contributed by atoms with E-state index in [1.165, 1.54) is 4.90 Å². The van der Waals surface area contributed by atoms with Gasteiger partial charge in [-0.1, -0.05) is 30.3 Å². The first-order valence-electron chi connectivity index (χ1n) is 9.22. The van der Waals surface area contributed by atoms with Crippen molar-refractivity contribution >= 4 is 11.8 Å². The van der Waals surface area contributed by atoms with Crippen molar-refractivity contribution in [2.75, 3.05) is 39.3 Å². The summed E-state index contributed by atoms with van der Waals surface area (Å²) in [5.41, 5.74) is 1.11. The van der Waals surface area contributed by atoms with Gasteiger partial charge in [-0.2, -0.15) is 0 Å². The summed E-state index contributed by atoms with van der Waals surface area (Å²) in [6.07, 6.45) is 1.57. The Morgan fingerprint density at radius 1 is 1.28 bits per heavy atom. The zero-order valence-corrected chi connectivity index (χ0v) is 14.9. The molecule has 0 saturated carbocycles. The molecule has 2 amide bonds. The molecule has 136 valence electrons. The van der Waals surface area contributed by atoms with Gasteiger partial charge in [-0.3, -0.25) is 9.59 Å². The lowest BCUT2D eigenvalue weighted by molar-refractivity contribution is -0.896. The predicted molar refractivity (Wildman–Crippen MR) is 94.1 cm³/mol. The number of rotatable bonds is 5. The molecule has 0 aromatic heterocycles. The van der Waals surface area contributed by atoms with Gasteiger partial charge in [-0.25, -0.2) is 0 Å². The molecular weight excluding hydrogens is 318 g/mol. The third kappa shape index (κ3) is 4.80. The lowest BCUT2D eigenvalue weighted by Crippen LogP contribution is -3.15. The number of carbonyl (C=O) groups excluding carboxylic acids is 2. The maximum absolute atomic E-state index is 12.3. The van der Waals surface area contributed by atoms with E-state index in [2.05, 4.69) is 5.32 Å². The Bertz CT molecular complexity index is 579. The van der Waals surface area contributed by atoms with Gasteiger partial charge < -0.3 is 19.9 Å². The average molecular weight is 346 g/mol. The van der Waals surface area contributed by atoms with E-state index in [4.69, 9.17) is 4.74 Å². The highest BCUT2D eigenvalue weighted by Gasteiger charge is 2.32. The number of nitrogens with one attached hydrogen (secondary N) is 2. The molecular formula is C19H28N3O3+. The zero-order chi connectivity index (χ0) is 17.6. The van der Waals surface area contributed by atoms with Gasteiger partial charge in [-0.05, 0) is 25.3 Å². The van der Waals surface area contributed by atoms with E-state index in [9.17, 15) is 9.59 Å². The molecule has 6 heteroatoms. The second kappa shape index (κ2) is 8.45. The quantitative estimate of drug-likeness (QED) is 0.774. The lowest BCUT2D eigenvalue weighted by atomic mass is 10.1. The molecule has 2 heterocycles. The van der Waals surface area contributed by atoms with Crippen LogP contribution < -0.4 is 10.2 Å². The minimum atomic E-state index is -0.239. The summed E-state index contributed by atoms with van der Waals surface area (Å²) in [5.74, 6) is 0.184. The van der Waals surface area contributed by atoms with Crippen LogP contribution in [0.2, 0.25) is 0 Å². The summed E-state index contributed by atoms with van der Waals surface area (Å²) < 4.78 is 5.48. The lowest BCUT2D eigenvalue weighted by Gasteiger charge is -2.33. The topological polar surface area (TPSA) is 63.1 Å². The normalized spacial score (nSPS) is 22.6. The van der Waals surface area contributed by atoms with E-state index in [1.54, 1.807) is 0 Å². The predicted octanol–water partition coefficient (Wildman–Crippen LogP) is -0.230. The number of nitrogens with zero attached hydrogens (tertiary/aromatic N) is 1. The number of amides is 2. The number of benzene rings is 1. The van der Waals surface area contributed by atoms with Crippen LogP contribution >= 0.6 is 0 Å². The smallest absolute Gasteiger partial charge is 0.275 e. The van der Waals surface area contributed by atoms with Gasteiger partial charge in [0.1, 0.15) is 6.10 Å². The fraction of sp³-hybridized carbons (Fsp3) is 0.579. The summed E-state index contributed by atoms with van der Waals surface area (Å²) in [6, 6.07) is 9.98. The number of hydrogen-bond donors (Lipinski definition) is 2. The second-order valence-corrected chi connectivity index (χ2v) is 6.95. The number of quaternary nitrogens is 1. The maximum Gasteiger partial charge on any atom is 0.275 e. The SMILES string of the molecule is C[C@@H](NC(=O)C[NH+]1CCN(C(=O)[C@H]2CCCO2)CC1)c1ccccc1. The van der Waals surface area contributed by atoms with Gasteiger partial charge in [-0.15, -0.1) is 0 Å². The first-order chi connectivity index (χ1) is 12.1. The van der Waals surface area contributed by atoms with Gasteiger partial charge in [0, 0.05) is 6.61 Å². The van der Waals surface area contributed by atoms with Crippen LogP contribution in [-0.2, 0) is 14.3 Å². The summed E-state index contributed by atoms with van der Waals surface area (Å²) >= 11 is 0. The summed E-state index contributed by atoms with van der Waals surface area (Å²) in [5, 5.41) is 3.06. The Kier molecular flexibility index (Phi) is 6.04. The molecule has 1 aromatic rings. The molecule has 6 nitrogen and oxygen atoms in total. The Balaban J connectivity index is 1.41. The first-order valence-corrected chi connectivity index (χ1v) is 9.22. The molecule has 2 atom stereocenters. The van der Waals surface area contributed by atoms with E-state index >= 15 is 0 Å². The number of ether oxygens (including phenoxy) is 1. The maximum atomic E-state index is 12.3. The molecule has 3 rings (SSSR count). The molecule has 0 bridgehead atoms. The van der Waals surface area contributed by atoms with Crippen LogP contribution in [0.15, 0.2) is 30.3 Å². The fourth-order valence-electron chi connectivity index (χ4n) is 3.54. The third-order valence-corrected chi connectivity index (χ3v) is 5.07. The molecule has 0 aliphatic carbocycles. The number of piperazine rings is 1. The van der Waals surface area contributed by atoms with Gasteiger partial charge in [0.2, 0.25) is 0 Å². The molecule has 0 spiro atoms. The van der Waals surface area contributed by atoms with Crippen LogP contribution in [-0.4, -0.2) is 62.1 Å². The Hall–Kier alpha value is -1.92. The second-order valence-electron chi connectivity index (χ2n) is 6.95. The third-order valence-electron chi connectivity index (χ3n) is 5.07. The first kappa shape index (κ1) is 17.9. The van der Waals surface area contributed by atoms with Crippen LogP contribution in [0.5, 0.6) is 0 Å². The van der Waals surface area contributed by atoms with Crippen molar-refractivity contribution in [2.45, 2.75) is 31.9 Å². The average Bonchev–Trinajstić information content (AvgIpc) is 3.17. The molecule has 0 radical (unpaired) electrons. The van der Waals surface area contributed by atoms with Gasteiger partial charge in [0.05, 0.1) is 32.2 Å². The minimum absolute atomic E-state index is 0.00971. The van der Waals surface area contributed by atoms with Gasteiger partial charge in [0.15, 0.2) is 6.54 Å². The molecule has 2 N–H and O–H groups in total. The Labute approximate surface area is 149 Å². The van der Waals surface area contributed by atoms with Crippen molar-refractivity contribution in [3.8, 4) is 0 Å².